The Bertz CT molecular complexity index is 723. The summed E-state index contributed by atoms with van der Waals surface area (Å²) < 4.78 is 1.74. The number of thiazole rings is 1. The Hall–Kier alpha value is -2.54. The van der Waals surface area contributed by atoms with Crippen molar-refractivity contribution in [1.82, 2.24) is 25.3 Å². The number of rotatable bonds is 6. The third kappa shape index (κ3) is 3.56. The minimum Gasteiger partial charge on any atom is -0.351 e. The van der Waals surface area contributed by atoms with Crippen molar-refractivity contribution in [2.45, 2.75) is 13.0 Å². The summed E-state index contributed by atoms with van der Waals surface area (Å²) in [6.45, 7) is 1.31. The molecule has 7 heteroatoms. The van der Waals surface area contributed by atoms with Crippen molar-refractivity contribution in [2.75, 3.05) is 6.54 Å². The minimum atomic E-state index is -0.142. The second-order valence-electron chi connectivity index (χ2n) is 4.68. The van der Waals surface area contributed by atoms with Crippen LogP contribution in [0.25, 0.3) is 10.6 Å². The van der Waals surface area contributed by atoms with E-state index in [2.05, 4.69) is 20.6 Å². The number of hydrogen-bond donors (Lipinski definition) is 1. The van der Waals surface area contributed by atoms with E-state index < -0.39 is 0 Å². The number of nitrogens with zero attached hydrogens (tertiary/aromatic N) is 4. The first-order valence-corrected chi connectivity index (χ1v) is 7.84. The molecule has 0 saturated heterocycles. The maximum atomic E-state index is 12.0. The SMILES string of the molecule is O=C(NCCCn1ccnn1)c1csc(-c2ccccc2)n1. The van der Waals surface area contributed by atoms with Crippen LogP contribution in [0.15, 0.2) is 48.1 Å². The second kappa shape index (κ2) is 6.95. The lowest BCUT2D eigenvalue weighted by atomic mass is 10.2. The summed E-state index contributed by atoms with van der Waals surface area (Å²) in [6.07, 6.45) is 4.23. The Morgan fingerprint density at radius 2 is 2.14 bits per heavy atom. The number of nitrogens with one attached hydrogen (secondary N) is 1. The third-order valence-corrected chi connectivity index (χ3v) is 3.97. The Kier molecular flexibility index (Phi) is 4.55. The van der Waals surface area contributed by atoms with E-state index in [0.717, 1.165) is 23.5 Å². The van der Waals surface area contributed by atoms with Gasteiger partial charge < -0.3 is 5.32 Å². The Balaban J connectivity index is 1.51. The predicted octanol–water partition coefficient (Wildman–Crippen LogP) is 2.22. The standard InChI is InChI=1S/C15H15N5OS/c21-14(16-7-4-9-20-10-8-17-19-20)13-11-22-15(18-13)12-5-2-1-3-6-12/h1-3,5-6,8,10-11H,4,7,9H2,(H,16,21). The molecule has 22 heavy (non-hydrogen) atoms. The van der Waals surface area contributed by atoms with Gasteiger partial charge in [0.25, 0.3) is 5.91 Å². The van der Waals surface area contributed by atoms with E-state index in [-0.39, 0.29) is 5.91 Å². The van der Waals surface area contributed by atoms with Gasteiger partial charge in [0, 0.05) is 30.2 Å². The molecule has 3 rings (SSSR count). The minimum absolute atomic E-state index is 0.142. The van der Waals surface area contributed by atoms with Gasteiger partial charge in [-0.2, -0.15) is 0 Å². The molecule has 0 radical (unpaired) electrons. The van der Waals surface area contributed by atoms with Crippen LogP contribution in [0.2, 0.25) is 0 Å². The molecule has 0 saturated carbocycles. The molecular weight excluding hydrogens is 298 g/mol. The van der Waals surface area contributed by atoms with E-state index in [4.69, 9.17) is 0 Å². The number of aryl methyl sites for hydroxylation is 1. The highest BCUT2D eigenvalue weighted by Crippen LogP contribution is 2.23. The fourth-order valence-electron chi connectivity index (χ4n) is 1.98. The molecule has 1 N–H and O–H groups in total. The van der Waals surface area contributed by atoms with Crippen molar-refractivity contribution in [1.29, 1.82) is 0 Å². The quantitative estimate of drug-likeness (QED) is 0.708. The molecule has 2 aromatic heterocycles. The summed E-state index contributed by atoms with van der Waals surface area (Å²) in [5.41, 5.74) is 1.49. The Labute approximate surface area is 131 Å². The van der Waals surface area contributed by atoms with Gasteiger partial charge in [0.05, 0.1) is 6.20 Å². The third-order valence-electron chi connectivity index (χ3n) is 3.08. The van der Waals surface area contributed by atoms with E-state index in [1.807, 2.05) is 30.3 Å². The van der Waals surface area contributed by atoms with Crippen molar-refractivity contribution < 1.29 is 4.79 Å². The summed E-state index contributed by atoms with van der Waals surface area (Å²) >= 11 is 1.47. The van der Waals surface area contributed by atoms with E-state index >= 15 is 0 Å². The first-order chi connectivity index (χ1) is 10.8. The van der Waals surface area contributed by atoms with Gasteiger partial charge in [0.1, 0.15) is 10.7 Å². The number of aromatic nitrogens is 4. The van der Waals surface area contributed by atoms with Gasteiger partial charge >= 0.3 is 0 Å². The van der Waals surface area contributed by atoms with Crippen LogP contribution >= 0.6 is 11.3 Å². The maximum absolute atomic E-state index is 12.0. The molecule has 0 bridgehead atoms. The van der Waals surface area contributed by atoms with Crippen LogP contribution in [0.4, 0.5) is 0 Å². The van der Waals surface area contributed by atoms with Gasteiger partial charge in [-0.1, -0.05) is 35.5 Å². The fraction of sp³-hybridized carbons (Fsp3) is 0.200. The summed E-state index contributed by atoms with van der Waals surface area (Å²) in [5.74, 6) is -0.142. The highest BCUT2D eigenvalue weighted by molar-refractivity contribution is 7.13. The Morgan fingerprint density at radius 3 is 2.91 bits per heavy atom. The number of carbonyl (C=O) groups excluding carboxylic acids is 1. The van der Waals surface area contributed by atoms with Crippen LogP contribution in [-0.2, 0) is 6.54 Å². The average Bonchev–Trinajstić information content (AvgIpc) is 3.24. The van der Waals surface area contributed by atoms with Crippen LogP contribution in [0.5, 0.6) is 0 Å². The summed E-state index contributed by atoms with van der Waals surface area (Å²) in [6, 6.07) is 9.85. The molecule has 0 unspecified atom stereocenters. The van der Waals surface area contributed by atoms with Crippen LogP contribution in [0, 0.1) is 0 Å². The van der Waals surface area contributed by atoms with Crippen LogP contribution in [0.1, 0.15) is 16.9 Å². The first-order valence-electron chi connectivity index (χ1n) is 6.96. The van der Waals surface area contributed by atoms with Crippen molar-refractivity contribution in [3.05, 3.63) is 53.8 Å². The molecule has 0 spiro atoms. The monoisotopic (exact) mass is 313 g/mol. The molecule has 112 valence electrons. The average molecular weight is 313 g/mol. The lowest BCUT2D eigenvalue weighted by molar-refractivity contribution is 0.0948. The van der Waals surface area contributed by atoms with Gasteiger partial charge in [0.15, 0.2) is 0 Å². The fourth-order valence-corrected chi connectivity index (χ4v) is 2.78. The van der Waals surface area contributed by atoms with E-state index in [1.54, 1.807) is 22.5 Å². The van der Waals surface area contributed by atoms with Gasteiger partial charge in [-0.15, -0.1) is 16.4 Å². The first kappa shape index (κ1) is 14.4. The molecular formula is C15H15N5OS. The Morgan fingerprint density at radius 1 is 1.27 bits per heavy atom. The maximum Gasteiger partial charge on any atom is 0.270 e. The largest absolute Gasteiger partial charge is 0.351 e. The molecule has 1 aromatic carbocycles. The lowest BCUT2D eigenvalue weighted by Crippen LogP contribution is -2.25. The van der Waals surface area contributed by atoms with Crippen LogP contribution in [-0.4, -0.2) is 32.4 Å². The number of hydrogen-bond acceptors (Lipinski definition) is 5. The zero-order valence-corrected chi connectivity index (χ0v) is 12.7. The van der Waals surface area contributed by atoms with Crippen LogP contribution in [0.3, 0.4) is 0 Å². The van der Waals surface area contributed by atoms with E-state index in [0.29, 0.717) is 12.2 Å². The zero-order chi connectivity index (χ0) is 15.2. The molecule has 1 amide bonds. The van der Waals surface area contributed by atoms with Crippen molar-refractivity contribution in [3.63, 3.8) is 0 Å². The molecule has 6 nitrogen and oxygen atoms in total. The van der Waals surface area contributed by atoms with Gasteiger partial charge in [-0.25, -0.2) is 4.98 Å². The highest BCUT2D eigenvalue weighted by atomic mass is 32.1. The topological polar surface area (TPSA) is 72.7 Å². The summed E-state index contributed by atoms with van der Waals surface area (Å²) in [7, 11) is 0. The van der Waals surface area contributed by atoms with Gasteiger partial charge in [-0.05, 0) is 6.42 Å². The predicted molar refractivity (Wildman–Crippen MR) is 84.5 cm³/mol. The second-order valence-corrected chi connectivity index (χ2v) is 5.54. The van der Waals surface area contributed by atoms with Crippen LogP contribution < -0.4 is 5.32 Å². The molecule has 0 atom stereocenters. The normalized spacial score (nSPS) is 10.5. The number of amides is 1. The number of benzene rings is 1. The zero-order valence-electron chi connectivity index (χ0n) is 11.8. The molecule has 0 aliphatic rings. The molecule has 3 aromatic rings. The van der Waals surface area contributed by atoms with Crippen molar-refractivity contribution in [2.24, 2.45) is 0 Å². The van der Waals surface area contributed by atoms with E-state index in [9.17, 15) is 4.79 Å². The van der Waals surface area contributed by atoms with Crippen molar-refractivity contribution in [3.8, 4) is 10.6 Å². The van der Waals surface area contributed by atoms with Crippen molar-refractivity contribution >= 4 is 17.2 Å². The number of carbonyl (C=O) groups is 1. The summed E-state index contributed by atoms with van der Waals surface area (Å²) in [5, 5.41) is 13.1. The lowest BCUT2D eigenvalue weighted by Gasteiger charge is -2.03. The molecule has 0 aliphatic heterocycles. The molecule has 2 heterocycles. The van der Waals surface area contributed by atoms with Gasteiger partial charge in [-0.3, -0.25) is 9.48 Å². The van der Waals surface area contributed by atoms with E-state index in [1.165, 1.54) is 11.3 Å². The smallest absolute Gasteiger partial charge is 0.270 e. The molecule has 0 aliphatic carbocycles. The van der Waals surface area contributed by atoms with Gasteiger partial charge in [0.2, 0.25) is 0 Å². The highest BCUT2D eigenvalue weighted by Gasteiger charge is 2.11. The summed E-state index contributed by atoms with van der Waals surface area (Å²) in [4.78, 5) is 16.4. The molecule has 0 fully saturated rings.